The molecule has 0 aromatic heterocycles. The Labute approximate surface area is 329 Å². The molecule has 9 aromatic rings. The second-order valence-corrected chi connectivity index (χ2v) is 15.3. The van der Waals surface area contributed by atoms with Crippen molar-refractivity contribution in [1.29, 1.82) is 0 Å². The fourth-order valence-electron chi connectivity index (χ4n) is 8.89. The number of nitrogens with zero attached hydrogens (tertiary/aromatic N) is 1. The third-order valence-corrected chi connectivity index (χ3v) is 11.7. The standard InChI is InChI=1S/C55H41N/c1-55(2)51-25-15-14-24-48(51)49-35-34-46(37-52(49)55)56(44-30-26-39(27-31-44)38-16-6-3-7-17-38)45-32-28-42(29-33-45)53-47-23-13-12-22-43(47)36-50(40-18-8-4-9-19-40)54(53)41-20-10-5-11-21-41/h3-37H,1-2H3. The predicted molar refractivity (Wildman–Crippen MR) is 238 cm³/mol. The molecule has 0 fully saturated rings. The molecule has 9 aromatic carbocycles. The summed E-state index contributed by atoms with van der Waals surface area (Å²) < 4.78 is 0. The van der Waals surface area contributed by atoms with Crippen LogP contribution in [0.5, 0.6) is 0 Å². The molecule has 0 radical (unpaired) electrons. The van der Waals surface area contributed by atoms with Crippen LogP contribution in [0.15, 0.2) is 212 Å². The maximum atomic E-state index is 2.42. The van der Waals surface area contributed by atoms with Crippen molar-refractivity contribution in [3.63, 3.8) is 0 Å². The van der Waals surface area contributed by atoms with Crippen LogP contribution in [0, 0.1) is 0 Å². The lowest BCUT2D eigenvalue weighted by atomic mass is 9.82. The summed E-state index contributed by atoms with van der Waals surface area (Å²) in [6.07, 6.45) is 0. The van der Waals surface area contributed by atoms with E-state index in [9.17, 15) is 0 Å². The van der Waals surface area contributed by atoms with E-state index in [0.29, 0.717) is 0 Å². The van der Waals surface area contributed by atoms with Gasteiger partial charge >= 0.3 is 0 Å². The quantitative estimate of drug-likeness (QED) is 0.159. The molecule has 0 heterocycles. The van der Waals surface area contributed by atoms with Crippen molar-refractivity contribution in [2.24, 2.45) is 0 Å². The Balaban J connectivity index is 1.15. The molecular formula is C55H41N. The number of hydrogen-bond donors (Lipinski definition) is 0. The maximum Gasteiger partial charge on any atom is 0.0465 e. The monoisotopic (exact) mass is 715 g/mol. The van der Waals surface area contributed by atoms with Crippen LogP contribution in [0.1, 0.15) is 25.0 Å². The molecule has 10 rings (SSSR count). The van der Waals surface area contributed by atoms with Crippen LogP contribution in [0.3, 0.4) is 0 Å². The summed E-state index contributed by atoms with van der Waals surface area (Å²) in [5.74, 6) is 0. The summed E-state index contributed by atoms with van der Waals surface area (Å²) in [7, 11) is 0. The third-order valence-electron chi connectivity index (χ3n) is 11.7. The molecule has 1 aliphatic carbocycles. The smallest absolute Gasteiger partial charge is 0.0465 e. The molecule has 56 heavy (non-hydrogen) atoms. The van der Waals surface area contributed by atoms with Crippen LogP contribution in [0.4, 0.5) is 17.1 Å². The maximum absolute atomic E-state index is 2.42. The zero-order valence-corrected chi connectivity index (χ0v) is 31.7. The third kappa shape index (κ3) is 5.72. The lowest BCUT2D eigenvalue weighted by Gasteiger charge is -2.28. The Kier molecular flexibility index (Phi) is 8.23. The summed E-state index contributed by atoms with van der Waals surface area (Å²) in [4.78, 5) is 2.41. The van der Waals surface area contributed by atoms with E-state index < -0.39 is 0 Å². The minimum atomic E-state index is -0.104. The summed E-state index contributed by atoms with van der Waals surface area (Å²) in [6.45, 7) is 4.71. The van der Waals surface area contributed by atoms with Gasteiger partial charge in [0.1, 0.15) is 0 Å². The molecule has 1 nitrogen and oxygen atoms in total. The summed E-state index contributed by atoms with van der Waals surface area (Å²) in [6, 6.07) is 77.6. The molecule has 0 saturated heterocycles. The largest absolute Gasteiger partial charge is 0.310 e. The second kappa shape index (κ2) is 13.7. The molecule has 0 aliphatic heterocycles. The highest BCUT2D eigenvalue weighted by Gasteiger charge is 2.35. The lowest BCUT2D eigenvalue weighted by Crippen LogP contribution is -2.16. The van der Waals surface area contributed by atoms with Gasteiger partial charge in [-0.05, 0) is 120 Å². The van der Waals surface area contributed by atoms with E-state index in [0.717, 1.165) is 17.1 Å². The van der Waals surface area contributed by atoms with Gasteiger partial charge in [0.2, 0.25) is 0 Å². The fraction of sp³-hybridized carbons (Fsp3) is 0.0545. The first-order chi connectivity index (χ1) is 27.5. The van der Waals surface area contributed by atoms with E-state index in [1.165, 1.54) is 77.5 Å². The van der Waals surface area contributed by atoms with Crippen molar-refractivity contribution in [3.8, 4) is 55.6 Å². The number of fused-ring (bicyclic) bond motifs is 4. The molecular weight excluding hydrogens is 675 g/mol. The summed E-state index contributed by atoms with van der Waals surface area (Å²) in [5.41, 5.74) is 18.4. The molecule has 0 spiro atoms. The Morgan fingerprint density at radius 2 is 0.804 bits per heavy atom. The second-order valence-electron chi connectivity index (χ2n) is 15.3. The zero-order chi connectivity index (χ0) is 37.6. The van der Waals surface area contributed by atoms with E-state index >= 15 is 0 Å². The minimum absolute atomic E-state index is 0.104. The highest BCUT2D eigenvalue weighted by atomic mass is 15.1. The van der Waals surface area contributed by atoms with Crippen molar-refractivity contribution < 1.29 is 0 Å². The van der Waals surface area contributed by atoms with Crippen LogP contribution >= 0.6 is 0 Å². The molecule has 0 bridgehead atoms. The van der Waals surface area contributed by atoms with Gasteiger partial charge in [0.25, 0.3) is 0 Å². The van der Waals surface area contributed by atoms with Crippen LogP contribution in [-0.2, 0) is 5.41 Å². The topological polar surface area (TPSA) is 3.24 Å². The Morgan fingerprint density at radius 3 is 1.48 bits per heavy atom. The van der Waals surface area contributed by atoms with Gasteiger partial charge in [-0.2, -0.15) is 0 Å². The number of benzene rings is 9. The van der Waals surface area contributed by atoms with Crippen molar-refractivity contribution in [3.05, 3.63) is 223 Å². The van der Waals surface area contributed by atoms with Crippen molar-refractivity contribution in [2.45, 2.75) is 19.3 Å². The first-order valence-electron chi connectivity index (χ1n) is 19.5. The Hall–Kier alpha value is -6.96. The van der Waals surface area contributed by atoms with Crippen LogP contribution in [0.25, 0.3) is 66.4 Å². The van der Waals surface area contributed by atoms with E-state index in [1.54, 1.807) is 0 Å². The highest BCUT2D eigenvalue weighted by molar-refractivity contribution is 6.10. The van der Waals surface area contributed by atoms with Gasteiger partial charge in [-0.25, -0.2) is 0 Å². The van der Waals surface area contributed by atoms with Crippen LogP contribution < -0.4 is 4.90 Å². The van der Waals surface area contributed by atoms with Gasteiger partial charge in [0.05, 0.1) is 0 Å². The molecule has 0 amide bonds. The molecule has 0 N–H and O–H groups in total. The average molecular weight is 716 g/mol. The molecule has 0 unspecified atom stereocenters. The van der Waals surface area contributed by atoms with Crippen molar-refractivity contribution >= 4 is 27.8 Å². The van der Waals surface area contributed by atoms with Gasteiger partial charge in [0.15, 0.2) is 0 Å². The van der Waals surface area contributed by atoms with Gasteiger partial charge in [0, 0.05) is 22.5 Å². The van der Waals surface area contributed by atoms with Gasteiger partial charge in [-0.1, -0.05) is 184 Å². The predicted octanol–water partition coefficient (Wildman–Crippen LogP) is 15.3. The van der Waals surface area contributed by atoms with E-state index in [2.05, 4.69) is 231 Å². The van der Waals surface area contributed by atoms with E-state index in [1.807, 2.05) is 0 Å². The average Bonchev–Trinajstić information content (AvgIpc) is 3.50. The number of anilines is 3. The molecule has 266 valence electrons. The molecule has 0 atom stereocenters. The minimum Gasteiger partial charge on any atom is -0.310 e. The van der Waals surface area contributed by atoms with Gasteiger partial charge in [-0.15, -0.1) is 0 Å². The Morgan fingerprint density at radius 1 is 0.321 bits per heavy atom. The van der Waals surface area contributed by atoms with Crippen LogP contribution in [-0.4, -0.2) is 0 Å². The molecule has 1 aliphatic rings. The first-order valence-corrected chi connectivity index (χ1v) is 19.5. The number of rotatable bonds is 7. The molecule has 1 heteroatoms. The summed E-state index contributed by atoms with van der Waals surface area (Å²) in [5, 5.41) is 2.47. The van der Waals surface area contributed by atoms with Crippen molar-refractivity contribution in [1.82, 2.24) is 0 Å². The van der Waals surface area contributed by atoms with E-state index in [4.69, 9.17) is 0 Å². The van der Waals surface area contributed by atoms with Crippen LogP contribution in [0.2, 0.25) is 0 Å². The summed E-state index contributed by atoms with van der Waals surface area (Å²) >= 11 is 0. The van der Waals surface area contributed by atoms with Gasteiger partial charge < -0.3 is 4.90 Å². The molecule has 0 saturated carbocycles. The van der Waals surface area contributed by atoms with Gasteiger partial charge in [-0.3, -0.25) is 0 Å². The zero-order valence-electron chi connectivity index (χ0n) is 31.7. The van der Waals surface area contributed by atoms with Crippen molar-refractivity contribution in [2.75, 3.05) is 4.90 Å². The highest BCUT2D eigenvalue weighted by Crippen LogP contribution is 2.51. The number of hydrogen-bond acceptors (Lipinski definition) is 1. The first kappa shape index (κ1) is 33.6. The lowest BCUT2D eigenvalue weighted by molar-refractivity contribution is 0.660. The normalized spacial score (nSPS) is 12.6. The SMILES string of the molecule is CC1(C)c2ccccc2-c2ccc(N(c3ccc(-c4ccccc4)cc3)c3ccc(-c4c(-c5ccccc5)c(-c5ccccc5)cc5ccccc45)cc3)cc21. The Bertz CT molecular complexity index is 2840. The fourth-order valence-corrected chi connectivity index (χ4v) is 8.89. The van der Waals surface area contributed by atoms with E-state index in [-0.39, 0.29) is 5.41 Å².